The van der Waals surface area contributed by atoms with Gasteiger partial charge in [-0.2, -0.15) is 0 Å². The molecule has 1 saturated heterocycles. The average molecular weight is 403 g/mol. The Morgan fingerprint density at radius 1 is 1.00 bits per heavy atom. The molecule has 3 aromatic rings. The first-order chi connectivity index (χ1) is 14.1. The van der Waals surface area contributed by atoms with E-state index < -0.39 is 0 Å². The van der Waals surface area contributed by atoms with Crippen LogP contribution in [0, 0.1) is 6.92 Å². The maximum atomic E-state index is 12.6. The van der Waals surface area contributed by atoms with E-state index in [1.165, 1.54) is 0 Å². The highest BCUT2D eigenvalue weighted by Crippen LogP contribution is 2.39. The van der Waals surface area contributed by atoms with Gasteiger partial charge in [-0.25, -0.2) is 0 Å². The highest BCUT2D eigenvalue weighted by Gasteiger charge is 2.32. The summed E-state index contributed by atoms with van der Waals surface area (Å²) >= 11 is 1.63. The number of hydrogen-bond acceptors (Lipinski definition) is 3. The second-order valence-corrected chi connectivity index (χ2v) is 8.13. The SMILES string of the molecule is Cc1ccccc1NC(=O)c1ccc(C2SCC(=O)N2Cc2ccccc2)cc1. The summed E-state index contributed by atoms with van der Waals surface area (Å²) in [6, 6.07) is 25.3. The molecule has 146 valence electrons. The fraction of sp³-hybridized carbons (Fsp3) is 0.167. The van der Waals surface area contributed by atoms with E-state index in [0.29, 0.717) is 17.9 Å². The maximum Gasteiger partial charge on any atom is 0.255 e. The first kappa shape index (κ1) is 19.3. The molecule has 1 aliphatic heterocycles. The van der Waals surface area contributed by atoms with Gasteiger partial charge in [0.25, 0.3) is 5.91 Å². The fourth-order valence-corrected chi connectivity index (χ4v) is 4.58. The van der Waals surface area contributed by atoms with Crippen molar-refractivity contribution in [1.29, 1.82) is 0 Å². The quantitative estimate of drug-likeness (QED) is 0.652. The van der Waals surface area contributed by atoms with E-state index in [2.05, 4.69) is 5.32 Å². The molecule has 0 aromatic heterocycles. The Morgan fingerprint density at radius 2 is 1.69 bits per heavy atom. The summed E-state index contributed by atoms with van der Waals surface area (Å²) in [5.74, 6) is 0.486. The highest BCUT2D eigenvalue weighted by atomic mass is 32.2. The normalized spacial score (nSPS) is 16.1. The summed E-state index contributed by atoms with van der Waals surface area (Å²) < 4.78 is 0. The first-order valence-corrected chi connectivity index (χ1v) is 10.6. The number of nitrogens with zero attached hydrogens (tertiary/aromatic N) is 1. The van der Waals surface area contributed by atoms with Gasteiger partial charge in [0.15, 0.2) is 0 Å². The van der Waals surface area contributed by atoms with Crippen molar-refractivity contribution in [3.05, 3.63) is 101 Å². The standard InChI is InChI=1S/C24H22N2O2S/c1-17-7-5-6-10-21(17)25-23(28)19-11-13-20(14-12-19)24-26(22(27)16-29-24)15-18-8-3-2-4-9-18/h2-14,24H,15-16H2,1H3,(H,25,28). The molecule has 1 N–H and O–H groups in total. The number of rotatable bonds is 5. The van der Waals surface area contributed by atoms with Crippen LogP contribution in [0.3, 0.4) is 0 Å². The molecular weight excluding hydrogens is 380 g/mol. The molecule has 5 heteroatoms. The monoisotopic (exact) mass is 402 g/mol. The number of para-hydroxylation sites is 1. The van der Waals surface area contributed by atoms with Crippen molar-refractivity contribution < 1.29 is 9.59 Å². The summed E-state index contributed by atoms with van der Waals surface area (Å²) in [4.78, 5) is 26.9. The van der Waals surface area contributed by atoms with E-state index in [0.717, 1.165) is 22.4 Å². The van der Waals surface area contributed by atoms with Crippen molar-refractivity contribution in [2.75, 3.05) is 11.1 Å². The van der Waals surface area contributed by atoms with E-state index in [9.17, 15) is 9.59 Å². The van der Waals surface area contributed by atoms with Gasteiger partial charge in [0.2, 0.25) is 5.91 Å². The van der Waals surface area contributed by atoms with Crippen LogP contribution in [0.15, 0.2) is 78.9 Å². The van der Waals surface area contributed by atoms with Gasteiger partial charge in [0, 0.05) is 17.8 Å². The number of aryl methyl sites for hydroxylation is 1. The van der Waals surface area contributed by atoms with E-state index >= 15 is 0 Å². The van der Waals surface area contributed by atoms with Gasteiger partial charge in [-0.1, -0.05) is 60.7 Å². The lowest BCUT2D eigenvalue weighted by atomic mass is 10.1. The number of hydrogen-bond donors (Lipinski definition) is 1. The lowest BCUT2D eigenvalue weighted by molar-refractivity contribution is -0.128. The molecule has 0 spiro atoms. The van der Waals surface area contributed by atoms with Crippen LogP contribution in [0.2, 0.25) is 0 Å². The first-order valence-electron chi connectivity index (χ1n) is 9.54. The van der Waals surface area contributed by atoms with Crippen LogP contribution in [0.4, 0.5) is 5.69 Å². The number of anilines is 1. The molecule has 1 unspecified atom stereocenters. The smallest absolute Gasteiger partial charge is 0.255 e. The van der Waals surface area contributed by atoms with Crippen LogP contribution < -0.4 is 5.32 Å². The lowest BCUT2D eigenvalue weighted by Crippen LogP contribution is -2.27. The van der Waals surface area contributed by atoms with Crippen molar-refractivity contribution in [1.82, 2.24) is 4.90 Å². The molecule has 1 fully saturated rings. The van der Waals surface area contributed by atoms with Crippen LogP contribution in [0.25, 0.3) is 0 Å². The van der Waals surface area contributed by atoms with E-state index in [1.54, 1.807) is 11.8 Å². The Kier molecular flexibility index (Phi) is 5.67. The molecular formula is C24H22N2O2S. The molecule has 4 rings (SSSR count). The Bertz CT molecular complexity index is 1020. The van der Waals surface area contributed by atoms with Gasteiger partial charge in [-0.05, 0) is 41.8 Å². The van der Waals surface area contributed by atoms with Crippen LogP contribution >= 0.6 is 11.8 Å². The molecule has 1 heterocycles. The number of carbonyl (C=O) groups is 2. The molecule has 0 radical (unpaired) electrons. The third kappa shape index (κ3) is 4.35. The minimum absolute atomic E-state index is 0.0313. The van der Waals surface area contributed by atoms with Crippen LogP contribution in [-0.4, -0.2) is 22.5 Å². The van der Waals surface area contributed by atoms with Crippen molar-refractivity contribution in [3.8, 4) is 0 Å². The van der Waals surface area contributed by atoms with E-state index in [4.69, 9.17) is 0 Å². The molecule has 3 aromatic carbocycles. The van der Waals surface area contributed by atoms with Crippen molar-refractivity contribution in [2.45, 2.75) is 18.8 Å². The van der Waals surface area contributed by atoms with Crippen molar-refractivity contribution in [2.24, 2.45) is 0 Å². The predicted molar refractivity (Wildman–Crippen MR) is 118 cm³/mol. The van der Waals surface area contributed by atoms with Gasteiger partial charge < -0.3 is 10.2 Å². The van der Waals surface area contributed by atoms with Crippen molar-refractivity contribution >= 4 is 29.3 Å². The topological polar surface area (TPSA) is 49.4 Å². The third-order valence-electron chi connectivity index (χ3n) is 5.02. The van der Waals surface area contributed by atoms with Gasteiger partial charge in [-0.15, -0.1) is 11.8 Å². The Hall–Kier alpha value is -3.05. The molecule has 4 nitrogen and oxygen atoms in total. The fourth-order valence-electron chi connectivity index (χ4n) is 3.39. The second-order valence-electron chi connectivity index (χ2n) is 7.06. The largest absolute Gasteiger partial charge is 0.322 e. The number of thioether (sulfide) groups is 1. The van der Waals surface area contributed by atoms with Gasteiger partial charge in [0.1, 0.15) is 5.37 Å². The second kappa shape index (κ2) is 8.53. The zero-order valence-corrected chi connectivity index (χ0v) is 17.0. The van der Waals surface area contributed by atoms with Crippen molar-refractivity contribution in [3.63, 3.8) is 0 Å². The summed E-state index contributed by atoms with van der Waals surface area (Å²) in [5.41, 5.74) is 4.58. The Labute approximate surface area is 174 Å². The van der Waals surface area contributed by atoms with Crippen LogP contribution in [0.1, 0.15) is 32.4 Å². The summed E-state index contributed by atoms with van der Waals surface area (Å²) in [7, 11) is 0. The number of nitrogens with one attached hydrogen (secondary N) is 1. The molecule has 0 aliphatic carbocycles. The van der Waals surface area contributed by atoms with E-state index in [1.807, 2.05) is 90.7 Å². The molecule has 2 amide bonds. The number of amides is 2. The highest BCUT2D eigenvalue weighted by molar-refractivity contribution is 8.00. The van der Waals surface area contributed by atoms with Gasteiger partial charge in [0.05, 0.1) is 5.75 Å². The number of carbonyl (C=O) groups excluding carboxylic acids is 2. The summed E-state index contributed by atoms with van der Waals surface area (Å²) in [5, 5.41) is 2.92. The minimum Gasteiger partial charge on any atom is -0.322 e. The zero-order valence-electron chi connectivity index (χ0n) is 16.2. The Balaban J connectivity index is 1.48. The maximum absolute atomic E-state index is 12.6. The van der Waals surface area contributed by atoms with Gasteiger partial charge >= 0.3 is 0 Å². The number of benzene rings is 3. The van der Waals surface area contributed by atoms with Crippen LogP contribution in [-0.2, 0) is 11.3 Å². The molecule has 0 bridgehead atoms. The Morgan fingerprint density at radius 3 is 2.41 bits per heavy atom. The lowest BCUT2D eigenvalue weighted by Gasteiger charge is -2.24. The molecule has 0 saturated carbocycles. The molecule has 1 atom stereocenters. The minimum atomic E-state index is -0.137. The molecule has 1 aliphatic rings. The third-order valence-corrected chi connectivity index (χ3v) is 6.27. The predicted octanol–water partition coefficient (Wildman–Crippen LogP) is 5.02. The summed E-state index contributed by atoms with van der Waals surface area (Å²) in [6.07, 6.45) is 0. The van der Waals surface area contributed by atoms with E-state index in [-0.39, 0.29) is 17.2 Å². The van der Waals surface area contributed by atoms with Crippen LogP contribution in [0.5, 0.6) is 0 Å². The average Bonchev–Trinajstić information content (AvgIpc) is 3.11. The molecule has 29 heavy (non-hydrogen) atoms. The van der Waals surface area contributed by atoms with Gasteiger partial charge in [-0.3, -0.25) is 9.59 Å². The summed E-state index contributed by atoms with van der Waals surface area (Å²) in [6.45, 7) is 2.56. The zero-order chi connectivity index (χ0) is 20.2.